The van der Waals surface area contributed by atoms with E-state index in [2.05, 4.69) is 23.5 Å². The Hall–Kier alpha value is -0.510. The van der Waals surface area contributed by atoms with E-state index in [1.165, 1.54) is 28.2 Å². The molecular weight excluding hydrogens is 206 g/mol. The van der Waals surface area contributed by atoms with Crippen molar-refractivity contribution in [3.05, 3.63) is 29.3 Å². The van der Waals surface area contributed by atoms with E-state index in [4.69, 9.17) is 0 Å². The standard InChI is InChI=1S/C12H17NOS/c1-13-7-11(8-14)9-2-3-12-10(6-9)4-5-15-12/h2-3,6,11,13-14H,4-5,7-8H2,1H3. The van der Waals surface area contributed by atoms with Crippen molar-refractivity contribution in [3.63, 3.8) is 0 Å². The number of benzene rings is 1. The summed E-state index contributed by atoms with van der Waals surface area (Å²) in [5, 5.41) is 12.4. The number of fused-ring (bicyclic) bond motifs is 1. The number of thioether (sulfide) groups is 1. The Morgan fingerprint density at radius 3 is 3.13 bits per heavy atom. The van der Waals surface area contributed by atoms with E-state index < -0.39 is 0 Å². The maximum atomic E-state index is 9.31. The number of aliphatic hydroxyl groups excluding tert-OH is 1. The fourth-order valence-electron chi connectivity index (χ4n) is 1.99. The summed E-state index contributed by atoms with van der Waals surface area (Å²) in [5.41, 5.74) is 2.71. The van der Waals surface area contributed by atoms with Gasteiger partial charge in [0.05, 0.1) is 6.61 Å². The normalized spacial score (nSPS) is 16.4. The van der Waals surface area contributed by atoms with Crippen molar-refractivity contribution in [2.45, 2.75) is 17.2 Å². The molecule has 0 bridgehead atoms. The summed E-state index contributed by atoms with van der Waals surface area (Å²) in [6.45, 7) is 1.05. The maximum Gasteiger partial charge on any atom is 0.0511 e. The number of nitrogens with one attached hydrogen (secondary N) is 1. The van der Waals surface area contributed by atoms with Crippen molar-refractivity contribution in [1.29, 1.82) is 0 Å². The van der Waals surface area contributed by atoms with Crippen LogP contribution < -0.4 is 5.32 Å². The SMILES string of the molecule is CNCC(CO)c1ccc2c(c1)CCS2. The molecule has 0 saturated heterocycles. The molecule has 0 aromatic heterocycles. The van der Waals surface area contributed by atoms with Crippen LogP contribution >= 0.6 is 11.8 Å². The lowest BCUT2D eigenvalue weighted by molar-refractivity contribution is 0.263. The van der Waals surface area contributed by atoms with Crippen molar-refractivity contribution in [2.75, 3.05) is 26.0 Å². The molecule has 1 aromatic carbocycles. The van der Waals surface area contributed by atoms with Crippen LogP contribution in [0.4, 0.5) is 0 Å². The average Bonchev–Trinajstić information content (AvgIpc) is 2.72. The van der Waals surface area contributed by atoms with Crippen molar-refractivity contribution >= 4 is 11.8 Å². The Labute approximate surface area is 95.1 Å². The van der Waals surface area contributed by atoms with Gasteiger partial charge in [0.15, 0.2) is 0 Å². The van der Waals surface area contributed by atoms with E-state index in [1.807, 2.05) is 18.8 Å². The first-order chi connectivity index (χ1) is 7.35. The largest absolute Gasteiger partial charge is 0.396 e. The Bertz CT molecular complexity index is 340. The van der Waals surface area contributed by atoms with E-state index in [0.717, 1.165) is 6.54 Å². The van der Waals surface area contributed by atoms with Crippen LogP contribution in [0.5, 0.6) is 0 Å². The molecule has 2 rings (SSSR count). The van der Waals surface area contributed by atoms with Gasteiger partial charge in [-0.3, -0.25) is 0 Å². The van der Waals surface area contributed by atoms with Crippen LogP contribution in [0.3, 0.4) is 0 Å². The number of hydrogen-bond donors (Lipinski definition) is 2. The smallest absolute Gasteiger partial charge is 0.0511 e. The molecule has 1 aromatic rings. The monoisotopic (exact) mass is 223 g/mol. The zero-order chi connectivity index (χ0) is 10.7. The van der Waals surface area contributed by atoms with Gasteiger partial charge in [-0.1, -0.05) is 12.1 Å². The molecule has 0 spiro atoms. The Kier molecular flexibility index (Phi) is 3.67. The summed E-state index contributed by atoms with van der Waals surface area (Å²) in [7, 11) is 1.92. The first-order valence-electron chi connectivity index (χ1n) is 5.36. The van der Waals surface area contributed by atoms with E-state index in [1.54, 1.807) is 0 Å². The van der Waals surface area contributed by atoms with Crippen LogP contribution in [0.15, 0.2) is 23.1 Å². The second kappa shape index (κ2) is 5.01. The van der Waals surface area contributed by atoms with Crippen LogP contribution in [0, 0.1) is 0 Å². The summed E-state index contributed by atoms with van der Waals surface area (Å²) in [4.78, 5) is 1.42. The zero-order valence-electron chi connectivity index (χ0n) is 8.99. The molecule has 1 aliphatic rings. The van der Waals surface area contributed by atoms with Gasteiger partial charge in [-0.25, -0.2) is 0 Å². The third kappa shape index (κ3) is 2.36. The Morgan fingerprint density at radius 2 is 2.40 bits per heavy atom. The van der Waals surface area contributed by atoms with Gasteiger partial charge in [0, 0.05) is 23.1 Å². The first-order valence-corrected chi connectivity index (χ1v) is 6.34. The van der Waals surface area contributed by atoms with Gasteiger partial charge in [0.1, 0.15) is 0 Å². The molecule has 82 valence electrons. The van der Waals surface area contributed by atoms with E-state index in [-0.39, 0.29) is 12.5 Å². The van der Waals surface area contributed by atoms with Crippen LogP contribution in [0.1, 0.15) is 17.0 Å². The molecule has 2 N–H and O–H groups in total. The number of rotatable bonds is 4. The fourth-order valence-corrected chi connectivity index (χ4v) is 3.05. The summed E-state index contributed by atoms with van der Waals surface area (Å²) < 4.78 is 0. The topological polar surface area (TPSA) is 32.3 Å². The highest BCUT2D eigenvalue weighted by atomic mass is 32.2. The number of aliphatic hydroxyl groups is 1. The molecule has 1 atom stereocenters. The molecule has 0 radical (unpaired) electrons. The van der Waals surface area contributed by atoms with Gasteiger partial charge in [0.25, 0.3) is 0 Å². The van der Waals surface area contributed by atoms with Crippen LogP contribution in [0.25, 0.3) is 0 Å². The zero-order valence-corrected chi connectivity index (χ0v) is 9.81. The lowest BCUT2D eigenvalue weighted by atomic mass is 9.97. The average molecular weight is 223 g/mol. The molecule has 1 aliphatic heterocycles. The summed E-state index contributed by atoms with van der Waals surface area (Å²) in [6, 6.07) is 6.60. The lowest BCUT2D eigenvalue weighted by Crippen LogP contribution is -2.20. The molecule has 0 saturated carbocycles. The molecule has 0 aliphatic carbocycles. The van der Waals surface area contributed by atoms with Gasteiger partial charge in [-0.05, 0) is 30.7 Å². The minimum atomic E-state index is 0.215. The van der Waals surface area contributed by atoms with Gasteiger partial charge >= 0.3 is 0 Å². The molecule has 1 heterocycles. The van der Waals surface area contributed by atoms with E-state index in [0.29, 0.717) is 0 Å². The quantitative estimate of drug-likeness (QED) is 0.814. The lowest BCUT2D eigenvalue weighted by Gasteiger charge is -2.15. The fraction of sp³-hybridized carbons (Fsp3) is 0.500. The van der Waals surface area contributed by atoms with Crippen molar-refractivity contribution in [3.8, 4) is 0 Å². The predicted octanol–water partition coefficient (Wildman–Crippen LogP) is 1.63. The van der Waals surface area contributed by atoms with Crippen LogP contribution in [0.2, 0.25) is 0 Å². The second-order valence-electron chi connectivity index (χ2n) is 3.90. The van der Waals surface area contributed by atoms with E-state index >= 15 is 0 Å². The summed E-state index contributed by atoms with van der Waals surface area (Å²) >= 11 is 1.93. The van der Waals surface area contributed by atoms with Crippen molar-refractivity contribution in [1.82, 2.24) is 5.32 Å². The third-order valence-corrected chi connectivity index (χ3v) is 3.97. The summed E-state index contributed by atoms with van der Waals surface area (Å²) in [6.07, 6.45) is 1.17. The maximum absolute atomic E-state index is 9.31. The van der Waals surface area contributed by atoms with Gasteiger partial charge < -0.3 is 10.4 Å². The molecule has 0 amide bonds. The van der Waals surface area contributed by atoms with E-state index in [9.17, 15) is 5.11 Å². The Morgan fingerprint density at radius 1 is 1.53 bits per heavy atom. The number of aryl methyl sites for hydroxylation is 1. The highest BCUT2D eigenvalue weighted by molar-refractivity contribution is 7.99. The van der Waals surface area contributed by atoms with Crippen molar-refractivity contribution < 1.29 is 5.11 Å². The third-order valence-electron chi connectivity index (χ3n) is 2.86. The van der Waals surface area contributed by atoms with Crippen molar-refractivity contribution in [2.24, 2.45) is 0 Å². The highest BCUT2D eigenvalue weighted by Crippen LogP contribution is 2.33. The van der Waals surface area contributed by atoms with Crippen LogP contribution in [-0.4, -0.2) is 31.1 Å². The molecule has 15 heavy (non-hydrogen) atoms. The molecule has 3 heteroatoms. The first kappa shape index (κ1) is 11.0. The van der Waals surface area contributed by atoms with Gasteiger partial charge in [0.2, 0.25) is 0 Å². The molecule has 2 nitrogen and oxygen atoms in total. The Balaban J connectivity index is 2.20. The number of hydrogen-bond acceptors (Lipinski definition) is 3. The molecular formula is C12H17NOS. The minimum Gasteiger partial charge on any atom is -0.396 e. The minimum absolute atomic E-state index is 0.215. The van der Waals surface area contributed by atoms with Crippen LogP contribution in [-0.2, 0) is 6.42 Å². The molecule has 1 unspecified atom stereocenters. The van der Waals surface area contributed by atoms with Gasteiger partial charge in [-0.15, -0.1) is 11.8 Å². The second-order valence-corrected chi connectivity index (χ2v) is 5.04. The predicted molar refractivity (Wildman–Crippen MR) is 64.6 cm³/mol. The molecule has 0 fully saturated rings. The number of likely N-dealkylation sites (N-methyl/N-ethyl adjacent to an activating group) is 1. The summed E-state index contributed by atoms with van der Waals surface area (Å²) in [5.74, 6) is 1.43. The highest BCUT2D eigenvalue weighted by Gasteiger charge is 2.15. The van der Waals surface area contributed by atoms with Gasteiger partial charge in [-0.2, -0.15) is 0 Å².